The van der Waals surface area contributed by atoms with Gasteiger partial charge in [0.2, 0.25) is 10.0 Å². The van der Waals surface area contributed by atoms with Crippen LogP contribution in [0, 0.1) is 0 Å². The van der Waals surface area contributed by atoms with Gasteiger partial charge in [-0.1, -0.05) is 0 Å². The monoisotopic (exact) mass is 236 g/mol. The van der Waals surface area contributed by atoms with Crippen LogP contribution in [0.25, 0.3) is 0 Å². The van der Waals surface area contributed by atoms with Crippen molar-refractivity contribution in [2.75, 3.05) is 45.6 Å². The van der Waals surface area contributed by atoms with E-state index in [1.54, 1.807) is 4.31 Å². The number of aliphatic hydroxyl groups excluding tert-OH is 1. The number of piperazine rings is 1. The van der Waals surface area contributed by atoms with Crippen LogP contribution in [-0.4, -0.2) is 68.3 Å². The Morgan fingerprint density at radius 3 is 2.27 bits per heavy atom. The fourth-order valence-electron chi connectivity index (χ4n) is 1.59. The predicted molar refractivity (Wildman–Crippen MR) is 59.2 cm³/mol. The third-order valence-corrected chi connectivity index (χ3v) is 4.62. The largest absolute Gasteiger partial charge is 0.396 e. The van der Waals surface area contributed by atoms with Crippen molar-refractivity contribution in [1.82, 2.24) is 9.21 Å². The molecule has 1 heterocycles. The maximum absolute atomic E-state index is 11.8. The van der Waals surface area contributed by atoms with E-state index in [9.17, 15) is 8.42 Å². The summed E-state index contributed by atoms with van der Waals surface area (Å²) in [6.07, 6.45) is 1.11. The zero-order valence-electron chi connectivity index (χ0n) is 9.22. The number of nitrogens with zero attached hydrogens (tertiary/aromatic N) is 2. The number of aliphatic hydroxyl groups is 1. The van der Waals surface area contributed by atoms with Gasteiger partial charge >= 0.3 is 0 Å². The Kier molecular flexibility index (Phi) is 4.98. The van der Waals surface area contributed by atoms with Gasteiger partial charge in [-0.15, -0.1) is 0 Å². The van der Waals surface area contributed by atoms with Gasteiger partial charge in [-0.3, -0.25) is 0 Å². The summed E-state index contributed by atoms with van der Waals surface area (Å²) >= 11 is 0. The van der Waals surface area contributed by atoms with Crippen molar-refractivity contribution in [2.45, 2.75) is 12.8 Å². The molecule has 1 fully saturated rings. The normalized spacial score (nSPS) is 20.7. The van der Waals surface area contributed by atoms with Crippen molar-refractivity contribution in [3.05, 3.63) is 0 Å². The van der Waals surface area contributed by atoms with E-state index >= 15 is 0 Å². The Bertz CT molecular complexity index is 271. The van der Waals surface area contributed by atoms with Crippen LogP contribution in [0.5, 0.6) is 0 Å². The van der Waals surface area contributed by atoms with Crippen molar-refractivity contribution < 1.29 is 13.5 Å². The van der Waals surface area contributed by atoms with Crippen LogP contribution in [0.15, 0.2) is 0 Å². The summed E-state index contributed by atoms with van der Waals surface area (Å²) < 4.78 is 25.1. The molecule has 1 rings (SSSR count). The van der Waals surface area contributed by atoms with Crippen molar-refractivity contribution in [2.24, 2.45) is 0 Å². The van der Waals surface area contributed by atoms with E-state index < -0.39 is 10.0 Å². The fourth-order valence-corrected chi connectivity index (χ4v) is 3.14. The second-order valence-corrected chi connectivity index (χ2v) is 6.04. The number of rotatable bonds is 5. The van der Waals surface area contributed by atoms with E-state index in [4.69, 9.17) is 5.11 Å². The highest BCUT2D eigenvalue weighted by molar-refractivity contribution is 7.89. The lowest BCUT2D eigenvalue weighted by Gasteiger charge is -2.31. The van der Waals surface area contributed by atoms with E-state index in [-0.39, 0.29) is 12.4 Å². The van der Waals surface area contributed by atoms with E-state index in [0.29, 0.717) is 25.9 Å². The standard InChI is InChI=1S/C9H20N2O3S/c1-10-4-6-11(7-5-10)15(13,14)9-3-2-8-12/h12H,2-9H2,1H3. The minimum Gasteiger partial charge on any atom is -0.396 e. The number of unbranched alkanes of at least 4 members (excludes halogenated alkanes) is 1. The first-order valence-electron chi connectivity index (χ1n) is 5.33. The molecule has 1 saturated heterocycles. The maximum atomic E-state index is 11.8. The van der Waals surface area contributed by atoms with Gasteiger partial charge in [0.1, 0.15) is 0 Å². The minimum absolute atomic E-state index is 0.0677. The summed E-state index contributed by atoms with van der Waals surface area (Å²) in [5, 5.41) is 8.59. The Morgan fingerprint density at radius 2 is 1.73 bits per heavy atom. The number of hydrogen-bond acceptors (Lipinski definition) is 4. The fraction of sp³-hybridized carbons (Fsp3) is 1.00. The van der Waals surface area contributed by atoms with Gasteiger partial charge in [0, 0.05) is 32.8 Å². The maximum Gasteiger partial charge on any atom is 0.214 e. The van der Waals surface area contributed by atoms with Crippen LogP contribution in [0.4, 0.5) is 0 Å². The lowest BCUT2D eigenvalue weighted by Crippen LogP contribution is -2.47. The van der Waals surface area contributed by atoms with Gasteiger partial charge in [0.25, 0.3) is 0 Å². The first kappa shape index (κ1) is 12.9. The smallest absolute Gasteiger partial charge is 0.214 e. The molecule has 0 aliphatic carbocycles. The minimum atomic E-state index is -3.08. The first-order chi connectivity index (χ1) is 7.06. The molecule has 0 aromatic heterocycles. The third-order valence-electron chi connectivity index (χ3n) is 2.67. The molecule has 0 unspecified atom stereocenters. The molecule has 0 radical (unpaired) electrons. The average Bonchev–Trinajstić information content (AvgIpc) is 2.18. The Hall–Kier alpha value is -0.170. The molecule has 0 amide bonds. The molecule has 15 heavy (non-hydrogen) atoms. The molecule has 0 saturated carbocycles. The predicted octanol–water partition coefficient (Wildman–Crippen LogP) is -0.664. The molecule has 1 aliphatic rings. The number of likely N-dealkylation sites (N-methyl/N-ethyl adjacent to an activating group) is 1. The molecule has 90 valence electrons. The quantitative estimate of drug-likeness (QED) is 0.644. The van der Waals surface area contributed by atoms with Crippen molar-refractivity contribution in [3.8, 4) is 0 Å². The van der Waals surface area contributed by atoms with Crippen molar-refractivity contribution in [1.29, 1.82) is 0 Å². The van der Waals surface area contributed by atoms with Crippen molar-refractivity contribution in [3.63, 3.8) is 0 Å². The van der Waals surface area contributed by atoms with Crippen LogP contribution >= 0.6 is 0 Å². The summed E-state index contributed by atoms with van der Waals surface area (Å²) in [5.74, 6) is 0.164. The zero-order chi connectivity index (χ0) is 11.3. The summed E-state index contributed by atoms with van der Waals surface area (Å²) in [5.41, 5.74) is 0. The second kappa shape index (κ2) is 5.79. The van der Waals surface area contributed by atoms with Gasteiger partial charge < -0.3 is 10.0 Å². The Balaban J connectivity index is 2.40. The highest BCUT2D eigenvalue weighted by Crippen LogP contribution is 2.08. The zero-order valence-corrected chi connectivity index (χ0v) is 10.0. The van der Waals surface area contributed by atoms with E-state index in [0.717, 1.165) is 13.1 Å². The van der Waals surface area contributed by atoms with Gasteiger partial charge in [-0.25, -0.2) is 8.42 Å². The molecular formula is C9H20N2O3S. The Morgan fingerprint density at radius 1 is 1.13 bits per heavy atom. The molecule has 0 spiro atoms. The van der Waals surface area contributed by atoms with Gasteiger partial charge in [0.15, 0.2) is 0 Å². The molecule has 1 N–H and O–H groups in total. The van der Waals surface area contributed by atoms with E-state index in [2.05, 4.69) is 4.90 Å². The van der Waals surface area contributed by atoms with Crippen LogP contribution in [0.1, 0.15) is 12.8 Å². The van der Waals surface area contributed by atoms with Crippen molar-refractivity contribution >= 4 is 10.0 Å². The lowest BCUT2D eigenvalue weighted by atomic mass is 10.4. The van der Waals surface area contributed by atoms with Gasteiger partial charge in [-0.05, 0) is 19.9 Å². The third kappa shape index (κ3) is 4.06. The molecule has 0 aromatic carbocycles. The lowest BCUT2D eigenvalue weighted by molar-refractivity contribution is 0.222. The second-order valence-electron chi connectivity index (χ2n) is 3.95. The molecule has 5 nitrogen and oxygen atoms in total. The molecular weight excluding hydrogens is 216 g/mol. The van der Waals surface area contributed by atoms with Crippen LogP contribution in [0.3, 0.4) is 0 Å². The van der Waals surface area contributed by atoms with Gasteiger partial charge in [0.05, 0.1) is 5.75 Å². The molecule has 0 bridgehead atoms. The van der Waals surface area contributed by atoms with E-state index in [1.807, 2.05) is 7.05 Å². The number of sulfonamides is 1. The highest BCUT2D eigenvalue weighted by Gasteiger charge is 2.24. The molecule has 0 atom stereocenters. The SMILES string of the molecule is CN1CCN(S(=O)(=O)CCCCO)CC1. The molecule has 6 heteroatoms. The topological polar surface area (TPSA) is 60.9 Å². The summed E-state index contributed by atoms with van der Waals surface area (Å²) in [6.45, 7) is 2.87. The molecule has 1 aliphatic heterocycles. The average molecular weight is 236 g/mol. The van der Waals surface area contributed by atoms with Crippen LogP contribution in [-0.2, 0) is 10.0 Å². The molecule has 0 aromatic rings. The van der Waals surface area contributed by atoms with Crippen LogP contribution in [0.2, 0.25) is 0 Å². The summed E-state index contributed by atoms with van der Waals surface area (Å²) in [6, 6.07) is 0. The Labute approximate surface area is 91.7 Å². The van der Waals surface area contributed by atoms with E-state index in [1.165, 1.54) is 0 Å². The number of hydrogen-bond donors (Lipinski definition) is 1. The summed E-state index contributed by atoms with van der Waals surface area (Å²) in [4.78, 5) is 2.12. The first-order valence-corrected chi connectivity index (χ1v) is 6.94. The summed E-state index contributed by atoms with van der Waals surface area (Å²) in [7, 11) is -1.09. The van der Waals surface area contributed by atoms with Crippen LogP contribution < -0.4 is 0 Å². The van der Waals surface area contributed by atoms with Gasteiger partial charge in [-0.2, -0.15) is 4.31 Å². The highest BCUT2D eigenvalue weighted by atomic mass is 32.2.